The summed E-state index contributed by atoms with van der Waals surface area (Å²) in [5.74, 6) is -0.800. The molecule has 0 saturated carbocycles. The molecule has 0 rings (SSSR count). The van der Waals surface area contributed by atoms with Crippen molar-refractivity contribution in [3.8, 4) is 0 Å². The number of carboxylic acid groups (broad SMARTS) is 1. The van der Waals surface area contributed by atoms with Crippen LogP contribution in [0.3, 0.4) is 0 Å². The summed E-state index contributed by atoms with van der Waals surface area (Å²) in [5, 5.41) is 8.91. The zero-order valence-electron chi connectivity index (χ0n) is 29.5. The Bertz CT molecular complexity index is 668. The molecule has 0 aliphatic heterocycles. The second-order valence-electron chi connectivity index (χ2n) is 13.1. The number of esters is 1. The standard InChI is InChI=1S/C40H74O4/c1-3-5-7-9-11-13-14-15-16-17-18-19-20-21-22-23-24-25-27-29-31-37-40(43)44-38(35-32-33-36-39(41)42)34-30-28-26-12-10-8-6-4-2/h11,13,15-16,38H,3-10,12,14,17-37H2,1-2H3,(H,41,42)/b13-11-,16-15-. The molecule has 4 heteroatoms. The number of carbonyl (C=O) groups excluding carboxylic acids is 1. The van der Waals surface area contributed by atoms with E-state index in [1.807, 2.05) is 0 Å². The van der Waals surface area contributed by atoms with Crippen molar-refractivity contribution in [3.05, 3.63) is 24.3 Å². The van der Waals surface area contributed by atoms with Crippen LogP contribution in [-0.2, 0) is 14.3 Å². The lowest BCUT2D eigenvalue weighted by Gasteiger charge is -2.18. The molecular formula is C40H74O4. The molecule has 258 valence electrons. The van der Waals surface area contributed by atoms with Crippen LogP contribution in [0.4, 0.5) is 0 Å². The van der Waals surface area contributed by atoms with E-state index in [4.69, 9.17) is 9.84 Å². The molecule has 0 aromatic heterocycles. The Morgan fingerprint density at radius 2 is 0.886 bits per heavy atom. The molecule has 0 fully saturated rings. The predicted molar refractivity (Wildman–Crippen MR) is 190 cm³/mol. The third-order valence-electron chi connectivity index (χ3n) is 8.68. The summed E-state index contributed by atoms with van der Waals surface area (Å²) in [4.78, 5) is 23.3. The van der Waals surface area contributed by atoms with Crippen LogP contribution in [0, 0.1) is 0 Å². The Morgan fingerprint density at radius 3 is 1.41 bits per heavy atom. The summed E-state index contributed by atoms with van der Waals surface area (Å²) >= 11 is 0. The smallest absolute Gasteiger partial charge is 0.306 e. The Kier molecular flexibility index (Phi) is 34.6. The Balaban J connectivity index is 3.73. The zero-order valence-corrected chi connectivity index (χ0v) is 29.5. The number of allylic oxidation sites excluding steroid dienone is 4. The highest BCUT2D eigenvalue weighted by molar-refractivity contribution is 5.69. The first-order chi connectivity index (χ1) is 21.6. The second-order valence-corrected chi connectivity index (χ2v) is 13.1. The summed E-state index contributed by atoms with van der Waals surface area (Å²) in [6.07, 6.45) is 44.8. The van der Waals surface area contributed by atoms with Gasteiger partial charge in [0.2, 0.25) is 0 Å². The number of rotatable bonds is 35. The maximum atomic E-state index is 12.5. The fourth-order valence-corrected chi connectivity index (χ4v) is 5.80. The molecule has 0 aromatic carbocycles. The molecular weight excluding hydrogens is 544 g/mol. The van der Waals surface area contributed by atoms with E-state index in [9.17, 15) is 9.59 Å². The molecule has 1 unspecified atom stereocenters. The third-order valence-corrected chi connectivity index (χ3v) is 8.68. The highest BCUT2D eigenvalue weighted by Gasteiger charge is 2.14. The van der Waals surface area contributed by atoms with Gasteiger partial charge in [0.05, 0.1) is 0 Å². The second kappa shape index (κ2) is 35.9. The summed E-state index contributed by atoms with van der Waals surface area (Å²) in [6.45, 7) is 4.50. The number of ether oxygens (including phenoxy) is 1. The van der Waals surface area contributed by atoms with Crippen LogP contribution < -0.4 is 0 Å². The van der Waals surface area contributed by atoms with E-state index in [1.165, 1.54) is 135 Å². The average Bonchev–Trinajstić information content (AvgIpc) is 3.01. The number of carbonyl (C=O) groups is 2. The first-order valence-corrected chi connectivity index (χ1v) is 19.3. The van der Waals surface area contributed by atoms with Crippen LogP contribution in [-0.4, -0.2) is 23.1 Å². The lowest BCUT2D eigenvalue weighted by atomic mass is 10.0. The van der Waals surface area contributed by atoms with Gasteiger partial charge < -0.3 is 9.84 Å². The van der Waals surface area contributed by atoms with Crippen LogP contribution in [0.25, 0.3) is 0 Å². The van der Waals surface area contributed by atoms with Gasteiger partial charge >= 0.3 is 11.9 Å². The Hall–Kier alpha value is -1.58. The van der Waals surface area contributed by atoms with Gasteiger partial charge in [-0.25, -0.2) is 0 Å². The van der Waals surface area contributed by atoms with Gasteiger partial charge in [-0.05, 0) is 70.6 Å². The van der Waals surface area contributed by atoms with Crippen molar-refractivity contribution in [2.75, 3.05) is 0 Å². The van der Waals surface area contributed by atoms with Crippen LogP contribution in [0.5, 0.6) is 0 Å². The van der Waals surface area contributed by atoms with Crippen molar-refractivity contribution in [2.45, 2.75) is 219 Å². The number of aliphatic carboxylic acids is 1. The van der Waals surface area contributed by atoms with Crippen molar-refractivity contribution in [1.29, 1.82) is 0 Å². The molecule has 0 aliphatic carbocycles. The summed E-state index contributed by atoms with van der Waals surface area (Å²) in [6, 6.07) is 0. The summed E-state index contributed by atoms with van der Waals surface area (Å²) in [5.41, 5.74) is 0. The van der Waals surface area contributed by atoms with Gasteiger partial charge in [-0.1, -0.05) is 154 Å². The van der Waals surface area contributed by atoms with Crippen LogP contribution in [0.2, 0.25) is 0 Å². The minimum Gasteiger partial charge on any atom is -0.481 e. The summed E-state index contributed by atoms with van der Waals surface area (Å²) < 4.78 is 5.87. The lowest BCUT2D eigenvalue weighted by Crippen LogP contribution is -2.18. The van der Waals surface area contributed by atoms with E-state index in [2.05, 4.69) is 38.2 Å². The van der Waals surface area contributed by atoms with Crippen molar-refractivity contribution < 1.29 is 19.4 Å². The van der Waals surface area contributed by atoms with Crippen molar-refractivity contribution in [3.63, 3.8) is 0 Å². The van der Waals surface area contributed by atoms with E-state index >= 15 is 0 Å². The normalized spacial score (nSPS) is 12.4. The maximum absolute atomic E-state index is 12.5. The van der Waals surface area contributed by atoms with Crippen LogP contribution in [0.1, 0.15) is 213 Å². The van der Waals surface area contributed by atoms with Gasteiger partial charge in [0.25, 0.3) is 0 Å². The molecule has 0 saturated heterocycles. The largest absolute Gasteiger partial charge is 0.481 e. The van der Waals surface area contributed by atoms with Gasteiger partial charge in [0.1, 0.15) is 6.10 Å². The summed E-state index contributed by atoms with van der Waals surface area (Å²) in [7, 11) is 0. The van der Waals surface area contributed by atoms with Gasteiger partial charge in [0.15, 0.2) is 0 Å². The fourth-order valence-electron chi connectivity index (χ4n) is 5.80. The van der Waals surface area contributed by atoms with Crippen molar-refractivity contribution in [2.24, 2.45) is 0 Å². The number of hydrogen-bond acceptors (Lipinski definition) is 3. The first-order valence-electron chi connectivity index (χ1n) is 19.3. The van der Waals surface area contributed by atoms with E-state index in [-0.39, 0.29) is 18.5 Å². The Morgan fingerprint density at radius 1 is 0.500 bits per heavy atom. The lowest BCUT2D eigenvalue weighted by molar-refractivity contribution is -0.150. The minimum absolute atomic E-state index is 0.0415. The highest BCUT2D eigenvalue weighted by atomic mass is 16.5. The molecule has 4 nitrogen and oxygen atoms in total. The number of unbranched alkanes of at least 4 members (excludes halogenated alkanes) is 22. The molecule has 1 atom stereocenters. The SMILES string of the molecule is CCCCC/C=C\C/C=C\CCCCCCCCCCCCCC(=O)OC(CCCCCCCCCC)CCCCC(=O)O. The quantitative estimate of drug-likeness (QED) is 0.0436. The van der Waals surface area contributed by atoms with Crippen molar-refractivity contribution >= 4 is 11.9 Å². The average molecular weight is 619 g/mol. The van der Waals surface area contributed by atoms with Gasteiger partial charge in [-0.15, -0.1) is 0 Å². The van der Waals surface area contributed by atoms with E-state index in [1.54, 1.807) is 0 Å². The fraction of sp³-hybridized carbons (Fsp3) is 0.850. The van der Waals surface area contributed by atoms with Gasteiger partial charge in [-0.2, -0.15) is 0 Å². The third kappa shape index (κ3) is 34.9. The predicted octanol–water partition coefficient (Wildman–Crippen LogP) is 13.2. The maximum Gasteiger partial charge on any atom is 0.306 e. The zero-order chi connectivity index (χ0) is 32.2. The van der Waals surface area contributed by atoms with Gasteiger partial charge in [-0.3, -0.25) is 9.59 Å². The molecule has 44 heavy (non-hydrogen) atoms. The van der Waals surface area contributed by atoms with Crippen LogP contribution >= 0.6 is 0 Å². The molecule has 0 bridgehead atoms. The van der Waals surface area contributed by atoms with Crippen LogP contribution in [0.15, 0.2) is 24.3 Å². The van der Waals surface area contributed by atoms with E-state index in [0.29, 0.717) is 12.8 Å². The molecule has 0 amide bonds. The van der Waals surface area contributed by atoms with E-state index in [0.717, 1.165) is 44.9 Å². The topological polar surface area (TPSA) is 63.6 Å². The molecule has 0 aliphatic rings. The van der Waals surface area contributed by atoms with Crippen molar-refractivity contribution in [1.82, 2.24) is 0 Å². The molecule has 0 spiro atoms. The molecule has 1 N–H and O–H groups in total. The molecule has 0 heterocycles. The van der Waals surface area contributed by atoms with E-state index < -0.39 is 5.97 Å². The molecule has 0 radical (unpaired) electrons. The minimum atomic E-state index is -0.743. The highest BCUT2D eigenvalue weighted by Crippen LogP contribution is 2.18. The number of carboxylic acids is 1. The molecule has 0 aromatic rings. The number of hydrogen-bond donors (Lipinski definition) is 1. The Labute approximate surface area is 274 Å². The first kappa shape index (κ1) is 42.4. The van der Waals surface area contributed by atoms with Gasteiger partial charge in [0, 0.05) is 12.8 Å². The monoisotopic (exact) mass is 619 g/mol.